The summed E-state index contributed by atoms with van der Waals surface area (Å²) < 4.78 is 7.22. The number of hydrogen-bond donors (Lipinski definition) is 2. The SMILES string of the molecule is CCOC(=O)C1=C(CSc2nnc(-c3ccccc3)n2-c2ccc(C)c(C)c2)NC(=O)N[C@H]1C. The van der Waals surface area contributed by atoms with Crippen molar-refractivity contribution in [2.45, 2.75) is 38.9 Å². The third-order valence-electron chi connectivity index (χ3n) is 5.63. The summed E-state index contributed by atoms with van der Waals surface area (Å²) in [4.78, 5) is 24.7. The Kier molecular flexibility index (Phi) is 7.02. The van der Waals surface area contributed by atoms with Gasteiger partial charge in [-0.25, -0.2) is 9.59 Å². The van der Waals surface area contributed by atoms with Gasteiger partial charge in [-0.05, 0) is 51.0 Å². The van der Waals surface area contributed by atoms with Crippen molar-refractivity contribution in [2.75, 3.05) is 12.4 Å². The molecule has 176 valence electrons. The molecule has 3 aromatic rings. The molecule has 9 heteroatoms. The number of hydrogen-bond acceptors (Lipinski definition) is 6. The normalized spacial score (nSPS) is 15.6. The van der Waals surface area contributed by atoms with Gasteiger partial charge in [-0.2, -0.15) is 0 Å². The van der Waals surface area contributed by atoms with E-state index in [0.29, 0.717) is 28.0 Å². The van der Waals surface area contributed by atoms with Crippen LogP contribution >= 0.6 is 11.8 Å². The van der Waals surface area contributed by atoms with Crippen molar-refractivity contribution in [1.82, 2.24) is 25.4 Å². The molecule has 0 radical (unpaired) electrons. The van der Waals surface area contributed by atoms with E-state index in [1.165, 1.54) is 17.3 Å². The highest BCUT2D eigenvalue weighted by atomic mass is 32.2. The first-order chi connectivity index (χ1) is 16.4. The molecule has 4 rings (SSSR count). The molecule has 1 aliphatic rings. The number of ether oxygens (including phenoxy) is 1. The maximum atomic E-state index is 12.6. The first-order valence-electron chi connectivity index (χ1n) is 11.1. The number of rotatable bonds is 7. The maximum Gasteiger partial charge on any atom is 0.337 e. The molecule has 2 heterocycles. The Hall–Kier alpha value is -3.59. The van der Waals surface area contributed by atoms with Crippen LogP contribution in [-0.2, 0) is 9.53 Å². The average molecular weight is 478 g/mol. The summed E-state index contributed by atoms with van der Waals surface area (Å²) in [7, 11) is 0. The second kappa shape index (κ2) is 10.1. The van der Waals surface area contributed by atoms with Crippen LogP contribution in [0.5, 0.6) is 0 Å². The van der Waals surface area contributed by atoms with Crippen LogP contribution in [0.4, 0.5) is 4.79 Å². The van der Waals surface area contributed by atoms with Crippen molar-refractivity contribution in [3.63, 3.8) is 0 Å². The second-order valence-electron chi connectivity index (χ2n) is 8.00. The Bertz CT molecular complexity index is 1250. The number of amides is 2. The topological polar surface area (TPSA) is 98.1 Å². The summed E-state index contributed by atoms with van der Waals surface area (Å²) in [6, 6.07) is 15.3. The van der Waals surface area contributed by atoms with E-state index >= 15 is 0 Å². The summed E-state index contributed by atoms with van der Waals surface area (Å²) >= 11 is 1.40. The second-order valence-corrected chi connectivity index (χ2v) is 8.94. The van der Waals surface area contributed by atoms with Crippen molar-refractivity contribution in [1.29, 1.82) is 0 Å². The monoisotopic (exact) mass is 477 g/mol. The fourth-order valence-electron chi connectivity index (χ4n) is 3.77. The molecule has 8 nitrogen and oxygen atoms in total. The summed E-state index contributed by atoms with van der Waals surface area (Å²) in [6.45, 7) is 7.92. The van der Waals surface area contributed by atoms with Gasteiger partial charge in [0.25, 0.3) is 0 Å². The minimum atomic E-state index is -0.458. The van der Waals surface area contributed by atoms with Crippen LogP contribution in [0.3, 0.4) is 0 Å². The van der Waals surface area contributed by atoms with E-state index < -0.39 is 12.0 Å². The number of nitrogens with zero attached hydrogens (tertiary/aromatic N) is 3. The standard InChI is InChI=1S/C25H27N5O3S/c1-5-33-23(31)21-17(4)26-24(32)27-20(21)14-34-25-29-28-22(18-9-7-6-8-10-18)30(25)19-12-11-15(2)16(3)13-19/h6-13,17H,5,14H2,1-4H3,(H2,26,27,32)/t17-/m0/s1. The lowest BCUT2D eigenvalue weighted by molar-refractivity contribution is -0.138. The molecule has 1 atom stereocenters. The lowest BCUT2D eigenvalue weighted by Gasteiger charge is -2.26. The first kappa shape index (κ1) is 23.6. The van der Waals surface area contributed by atoms with Gasteiger partial charge in [0.15, 0.2) is 11.0 Å². The molecule has 0 fully saturated rings. The lowest BCUT2D eigenvalue weighted by Crippen LogP contribution is -2.49. The van der Waals surface area contributed by atoms with E-state index in [9.17, 15) is 9.59 Å². The van der Waals surface area contributed by atoms with E-state index in [2.05, 4.69) is 46.8 Å². The number of benzene rings is 2. The number of nitrogens with one attached hydrogen (secondary N) is 2. The van der Waals surface area contributed by atoms with Gasteiger partial charge in [-0.1, -0.05) is 48.2 Å². The van der Waals surface area contributed by atoms with Crippen molar-refractivity contribution in [3.05, 3.63) is 70.9 Å². The van der Waals surface area contributed by atoms with Crippen LogP contribution < -0.4 is 10.6 Å². The molecule has 0 bridgehead atoms. The van der Waals surface area contributed by atoms with Crippen LogP contribution in [-0.4, -0.2) is 45.2 Å². The number of carbonyl (C=O) groups excluding carboxylic acids is 2. The number of aromatic nitrogens is 3. The molecule has 0 saturated heterocycles. The molecule has 2 N–H and O–H groups in total. The van der Waals surface area contributed by atoms with Gasteiger partial charge in [0.2, 0.25) is 0 Å². The Balaban J connectivity index is 1.74. The quantitative estimate of drug-likeness (QED) is 0.392. The number of thioether (sulfide) groups is 1. The van der Waals surface area contributed by atoms with Gasteiger partial charge in [0, 0.05) is 17.0 Å². The maximum absolute atomic E-state index is 12.6. The zero-order valence-corrected chi connectivity index (χ0v) is 20.4. The highest BCUT2D eigenvalue weighted by Crippen LogP contribution is 2.30. The molecule has 1 aliphatic heterocycles. The summed E-state index contributed by atoms with van der Waals surface area (Å²) in [5.41, 5.74) is 5.16. The van der Waals surface area contributed by atoms with Crippen LogP contribution in [0.2, 0.25) is 0 Å². The molecule has 1 aromatic heterocycles. The van der Waals surface area contributed by atoms with Crippen molar-refractivity contribution in [2.24, 2.45) is 0 Å². The molecular formula is C25H27N5O3S. The van der Waals surface area contributed by atoms with Gasteiger partial charge in [0.05, 0.1) is 23.9 Å². The smallest absolute Gasteiger partial charge is 0.337 e. The molecule has 34 heavy (non-hydrogen) atoms. The molecule has 2 aromatic carbocycles. The Morgan fingerprint density at radius 3 is 2.59 bits per heavy atom. The first-order valence-corrected chi connectivity index (χ1v) is 12.1. The molecule has 0 unspecified atom stereocenters. The third kappa shape index (κ3) is 4.84. The van der Waals surface area contributed by atoms with Crippen LogP contribution in [0.25, 0.3) is 17.1 Å². The summed E-state index contributed by atoms with van der Waals surface area (Å²) in [6.07, 6.45) is 0. The number of carbonyl (C=O) groups is 2. The van der Waals surface area contributed by atoms with E-state index in [0.717, 1.165) is 16.8 Å². The van der Waals surface area contributed by atoms with Crippen molar-refractivity contribution < 1.29 is 14.3 Å². The fraction of sp³-hybridized carbons (Fsp3) is 0.280. The average Bonchev–Trinajstić information content (AvgIpc) is 3.23. The van der Waals surface area contributed by atoms with Crippen LogP contribution in [0.1, 0.15) is 25.0 Å². The Labute approximate surface area is 202 Å². The largest absolute Gasteiger partial charge is 0.463 e. The summed E-state index contributed by atoms with van der Waals surface area (Å²) in [5, 5.41) is 15.1. The van der Waals surface area contributed by atoms with Gasteiger partial charge in [0.1, 0.15) is 0 Å². The minimum absolute atomic E-state index is 0.255. The van der Waals surface area contributed by atoms with Crippen LogP contribution in [0, 0.1) is 13.8 Å². The van der Waals surface area contributed by atoms with Gasteiger partial charge >= 0.3 is 12.0 Å². The molecule has 0 saturated carbocycles. The van der Waals surface area contributed by atoms with E-state index in [1.54, 1.807) is 13.8 Å². The van der Waals surface area contributed by atoms with E-state index in [4.69, 9.17) is 4.74 Å². The van der Waals surface area contributed by atoms with Crippen LogP contribution in [0.15, 0.2) is 65.0 Å². The Morgan fingerprint density at radius 2 is 1.88 bits per heavy atom. The lowest BCUT2D eigenvalue weighted by atomic mass is 10.1. The fourth-order valence-corrected chi connectivity index (χ4v) is 4.69. The zero-order chi connectivity index (χ0) is 24.2. The van der Waals surface area contributed by atoms with Gasteiger partial charge in [-0.3, -0.25) is 4.57 Å². The number of aryl methyl sites for hydroxylation is 2. The molecule has 2 amide bonds. The highest BCUT2D eigenvalue weighted by Gasteiger charge is 2.30. The zero-order valence-electron chi connectivity index (χ0n) is 19.6. The molecular weight excluding hydrogens is 450 g/mol. The highest BCUT2D eigenvalue weighted by molar-refractivity contribution is 7.99. The predicted octanol–water partition coefficient (Wildman–Crippen LogP) is 4.16. The Morgan fingerprint density at radius 1 is 1.12 bits per heavy atom. The predicted molar refractivity (Wildman–Crippen MR) is 132 cm³/mol. The van der Waals surface area contributed by atoms with Gasteiger partial charge in [-0.15, -0.1) is 10.2 Å². The number of urea groups is 1. The van der Waals surface area contributed by atoms with Gasteiger partial charge < -0.3 is 15.4 Å². The summed E-state index contributed by atoms with van der Waals surface area (Å²) in [5.74, 6) is 0.594. The van der Waals surface area contributed by atoms with Crippen molar-refractivity contribution >= 4 is 23.8 Å². The van der Waals surface area contributed by atoms with Crippen molar-refractivity contribution in [3.8, 4) is 17.1 Å². The number of esters is 1. The third-order valence-corrected chi connectivity index (χ3v) is 6.58. The van der Waals surface area contributed by atoms with E-state index in [-0.39, 0.29) is 12.6 Å². The van der Waals surface area contributed by atoms with E-state index in [1.807, 2.05) is 41.0 Å². The minimum Gasteiger partial charge on any atom is -0.463 e. The molecule has 0 aliphatic carbocycles. The molecule has 0 spiro atoms.